The third-order valence-electron chi connectivity index (χ3n) is 6.36. The molecule has 134 valence electrons. The Labute approximate surface area is 155 Å². The van der Waals surface area contributed by atoms with Gasteiger partial charge in [-0.15, -0.1) is 0 Å². The van der Waals surface area contributed by atoms with Crippen LogP contribution < -0.4 is 5.32 Å². The zero-order chi connectivity index (χ0) is 17.5. The summed E-state index contributed by atoms with van der Waals surface area (Å²) in [5, 5.41) is 3.39. The Bertz CT molecular complexity index is 759. The Kier molecular flexibility index (Phi) is 4.05. The third-order valence-corrected chi connectivity index (χ3v) is 6.36. The van der Waals surface area contributed by atoms with Gasteiger partial charge in [0, 0.05) is 25.7 Å². The summed E-state index contributed by atoms with van der Waals surface area (Å²) in [4.78, 5) is 15.5. The topological polar surface area (TPSA) is 32.3 Å². The normalized spacial score (nSPS) is 28.4. The van der Waals surface area contributed by atoms with Crippen LogP contribution >= 0.6 is 0 Å². The maximum absolute atomic E-state index is 13.0. The molecule has 3 heteroatoms. The van der Waals surface area contributed by atoms with Crippen molar-refractivity contribution in [1.29, 1.82) is 0 Å². The van der Waals surface area contributed by atoms with Crippen molar-refractivity contribution in [1.82, 2.24) is 10.2 Å². The van der Waals surface area contributed by atoms with Crippen LogP contribution in [-0.4, -0.2) is 29.9 Å². The lowest BCUT2D eigenvalue weighted by Gasteiger charge is -2.21. The van der Waals surface area contributed by atoms with E-state index in [1.807, 2.05) is 18.2 Å². The van der Waals surface area contributed by atoms with Gasteiger partial charge in [0.1, 0.15) is 0 Å². The number of likely N-dealkylation sites (tertiary alicyclic amines) is 1. The average molecular weight is 346 g/mol. The minimum atomic E-state index is 0.0537. The molecule has 5 rings (SSSR count). The molecule has 2 saturated carbocycles. The molecule has 26 heavy (non-hydrogen) atoms. The van der Waals surface area contributed by atoms with E-state index in [0.29, 0.717) is 23.8 Å². The zero-order valence-corrected chi connectivity index (χ0v) is 15.1. The number of carbonyl (C=O) groups excluding carboxylic acids is 1. The molecule has 1 N–H and O–H groups in total. The second kappa shape index (κ2) is 6.55. The van der Waals surface area contributed by atoms with Gasteiger partial charge in [-0.2, -0.15) is 0 Å². The standard InChI is InChI=1S/C23H26N2O/c26-23(21(18-11-12-18)17-9-5-2-6-10-17)24-22-19-14-25(15-20(19)22)13-16-7-3-1-4-8-16/h1-10,18-22H,11-15H2,(H,24,26)/t19-,20?,21+,22?/m0/s1. The summed E-state index contributed by atoms with van der Waals surface area (Å²) in [6.07, 6.45) is 2.38. The summed E-state index contributed by atoms with van der Waals surface area (Å²) in [7, 11) is 0. The van der Waals surface area contributed by atoms with Crippen molar-refractivity contribution in [2.24, 2.45) is 17.8 Å². The molecule has 1 heterocycles. The predicted octanol–water partition coefficient (Wildman–Crippen LogP) is 3.43. The first-order valence-corrected chi connectivity index (χ1v) is 9.91. The van der Waals surface area contributed by atoms with Crippen LogP contribution in [0.15, 0.2) is 60.7 Å². The number of fused-ring (bicyclic) bond motifs is 1. The lowest BCUT2D eigenvalue weighted by atomic mass is 9.93. The first-order chi connectivity index (χ1) is 12.8. The number of hydrogen-bond donors (Lipinski definition) is 1. The van der Waals surface area contributed by atoms with Gasteiger partial charge < -0.3 is 5.32 Å². The SMILES string of the molecule is O=C(NC1C2CN(Cc3ccccc3)C[C@@H]21)[C@H](c1ccccc1)C1CC1. The molecule has 1 amide bonds. The van der Waals surface area contributed by atoms with E-state index in [1.54, 1.807) is 0 Å². The number of carbonyl (C=O) groups is 1. The first kappa shape index (κ1) is 16.1. The van der Waals surface area contributed by atoms with E-state index in [4.69, 9.17) is 0 Å². The van der Waals surface area contributed by atoms with E-state index in [1.165, 1.54) is 24.0 Å². The summed E-state index contributed by atoms with van der Waals surface area (Å²) in [5.74, 6) is 2.16. The van der Waals surface area contributed by atoms with E-state index in [2.05, 4.69) is 52.7 Å². The molecule has 2 unspecified atom stereocenters. The molecular weight excluding hydrogens is 320 g/mol. The molecular formula is C23H26N2O. The lowest BCUT2D eigenvalue weighted by Crippen LogP contribution is -2.37. The van der Waals surface area contributed by atoms with Crippen molar-refractivity contribution < 1.29 is 4.79 Å². The van der Waals surface area contributed by atoms with Gasteiger partial charge in [0.2, 0.25) is 5.91 Å². The molecule has 0 aromatic heterocycles. The van der Waals surface area contributed by atoms with Gasteiger partial charge in [-0.3, -0.25) is 9.69 Å². The molecule has 1 saturated heterocycles. The Morgan fingerprint density at radius 2 is 1.58 bits per heavy atom. The van der Waals surface area contributed by atoms with Crippen LogP contribution in [0.3, 0.4) is 0 Å². The van der Waals surface area contributed by atoms with Crippen molar-refractivity contribution in [3.63, 3.8) is 0 Å². The quantitative estimate of drug-likeness (QED) is 0.869. The molecule has 2 aromatic carbocycles. The summed E-state index contributed by atoms with van der Waals surface area (Å²) in [6.45, 7) is 3.26. The maximum Gasteiger partial charge on any atom is 0.228 e. The molecule has 0 spiro atoms. The van der Waals surface area contributed by atoms with Crippen molar-refractivity contribution >= 4 is 5.91 Å². The Morgan fingerprint density at radius 3 is 2.19 bits per heavy atom. The summed E-state index contributed by atoms with van der Waals surface area (Å²) in [6, 6.07) is 21.4. The fraction of sp³-hybridized carbons (Fsp3) is 0.435. The molecule has 0 radical (unpaired) electrons. The minimum absolute atomic E-state index is 0.0537. The van der Waals surface area contributed by atoms with E-state index >= 15 is 0 Å². The van der Waals surface area contributed by atoms with Gasteiger partial charge in [0.25, 0.3) is 0 Å². The van der Waals surface area contributed by atoms with Crippen LogP contribution in [0.1, 0.15) is 29.9 Å². The van der Waals surface area contributed by atoms with E-state index in [0.717, 1.165) is 19.6 Å². The Hall–Kier alpha value is -2.13. The van der Waals surface area contributed by atoms with Crippen LogP contribution in [0.4, 0.5) is 0 Å². The number of hydrogen-bond acceptors (Lipinski definition) is 2. The van der Waals surface area contributed by atoms with Gasteiger partial charge in [-0.05, 0) is 41.7 Å². The van der Waals surface area contributed by atoms with Gasteiger partial charge in [0.05, 0.1) is 5.92 Å². The lowest BCUT2D eigenvalue weighted by molar-refractivity contribution is -0.123. The highest BCUT2D eigenvalue weighted by Gasteiger charge is 2.56. The van der Waals surface area contributed by atoms with Crippen molar-refractivity contribution in [3.8, 4) is 0 Å². The molecule has 0 bridgehead atoms. The Balaban J connectivity index is 1.17. The predicted molar refractivity (Wildman–Crippen MR) is 103 cm³/mol. The van der Waals surface area contributed by atoms with Gasteiger partial charge in [0.15, 0.2) is 0 Å². The van der Waals surface area contributed by atoms with Crippen molar-refractivity contribution in [2.45, 2.75) is 31.3 Å². The monoisotopic (exact) mass is 346 g/mol. The molecule has 4 atom stereocenters. The molecule has 1 aliphatic heterocycles. The van der Waals surface area contributed by atoms with Gasteiger partial charge in [-0.25, -0.2) is 0 Å². The number of benzene rings is 2. The highest BCUT2D eigenvalue weighted by molar-refractivity contribution is 5.85. The fourth-order valence-corrected chi connectivity index (χ4v) is 4.78. The van der Waals surface area contributed by atoms with Crippen LogP contribution in [-0.2, 0) is 11.3 Å². The van der Waals surface area contributed by atoms with Crippen molar-refractivity contribution in [3.05, 3.63) is 71.8 Å². The Morgan fingerprint density at radius 1 is 0.962 bits per heavy atom. The second-order valence-corrected chi connectivity index (χ2v) is 8.27. The van der Waals surface area contributed by atoms with E-state index in [-0.39, 0.29) is 11.8 Å². The van der Waals surface area contributed by atoms with Gasteiger partial charge >= 0.3 is 0 Å². The first-order valence-electron chi connectivity index (χ1n) is 9.91. The minimum Gasteiger partial charge on any atom is -0.352 e. The molecule has 3 fully saturated rings. The molecule has 3 nitrogen and oxygen atoms in total. The third kappa shape index (κ3) is 3.16. The fourth-order valence-electron chi connectivity index (χ4n) is 4.78. The second-order valence-electron chi connectivity index (χ2n) is 8.27. The van der Waals surface area contributed by atoms with E-state index in [9.17, 15) is 4.79 Å². The molecule has 3 aliphatic rings. The smallest absolute Gasteiger partial charge is 0.228 e. The van der Waals surface area contributed by atoms with Crippen LogP contribution in [0.25, 0.3) is 0 Å². The van der Waals surface area contributed by atoms with Crippen molar-refractivity contribution in [2.75, 3.05) is 13.1 Å². The number of amides is 1. The highest BCUT2D eigenvalue weighted by atomic mass is 16.2. The number of rotatable bonds is 6. The summed E-state index contributed by atoms with van der Waals surface area (Å²) >= 11 is 0. The highest BCUT2D eigenvalue weighted by Crippen LogP contribution is 2.47. The van der Waals surface area contributed by atoms with Crippen LogP contribution in [0.5, 0.6) is 0 Å². The molecule has 2 aromatic rings. The molecule has 2 aliphatic carbocycles. The van der Waals surface area contributed by atoms with Crippen LogP contribution in [0, 0.1) is 17.8 Å². The largest absolute Gasteiger partial charge is 0.352 e. The van der Waals surface area contributed by atoms with E-state index < -0.39 is 0 Å². The number of nitrogens with zero attached hydrogens (tertiary/aromatic N) is 1. The average Bonchev–Trinajstić information content (AvgIpc) is 3.56. The zero-order valence-electron chi connectivity index (χ0n) is 15.1. The van der Waals surface area contributed by atoms with Gasteiger partial charge in [-0.1, -0.05) is 60.7 Å². The number of piperidine rings is 1. The maximum atomic E-state index is 13.0. The summed E-state index contributed by atoms with van der Waals surface area (Å²) in [5.41, 5.74) is 2.57. The summed E-state index contributed by atoms with van der Waals surface area (Å²) < 4.78 is 0. The number of nitrogens with one attached hydrogen (secondary N) is 1. The van der Waals surface area contributed by atoms with Crippen LogP contribution in [0.2, 0.25) is 0 Å².